The van der Waals surface area contributed by atoms with Crippen LogP contribution in [0.3, 0.4) is 0 Å². The van der Waals surface area contributed by atoms with Gasteiger partial charge in [-0.25, -0.2) is 24.4 Å². The van der Waals surface area contributed by atoms with Crippen molar-refractivity contribution in [3.63, 3.8) is 0 Å². The highest BCUT2D eigenvalue weighted by atomic mass is 16.6. The molecule has 0 radical (unpaired) electrons. The second-order valence-corrected chi connectivity index (χ2v) is 6.88. The van der Waals surface area contributed by atoms with Crippen molar-refractivity contribution in [3.8, 4) is 0 Å². The average Bonchev–Trinajstić information content (AvgIpc) is 2.76. The molecule has 8 nitrogen and oxygen atoms in total. The maximum atomic E-state index is 12.7. The van der Waals surface area contributed by atoms with Gasteiger partial charge in [0, 0.05) is 34.6 Å². The van der Waals surface area contributed by atoms with Crippen LogP contribution >= 0.6 is 0 Å². The van der Waals surface area contributed by atoms with Crippen molar-refractivity contribution in [2.45, 2.75) is 19.1 Å². The van der Waals surface area contributed by atoms with E-state index >= 15 is 0 Å². The fraction of sp³-hybridized carbons (Fsp3) is 0.318. The number of carbonyl (C=O) groups excluding carboxylic acids is 3. The van der Waals surface area contributed by atoms with Crippen LogP contribution in [0.1, 0.15) is 11.1 Å². The smallest absolute Gasteiger partial charge is 0.429 e. The Balaban J connectivity index is 2.09. The van der Waals surface area contributed by atoms with E-state index in [9.17, 15) is 14.4 Å². The number of hydrogen-bond donors (Lipinski definition) is 0. The summed E-state index contributed by atoms with van der Waals surface area (Å²) >= 11 is 0. The molecule has 3 amide bonds. The molecule has 2 aromatic carbocycles. The number of carbonyl (C=O) groups is 3. The molecule has 0 fully saturated rings. The zero-order chi connectivity index (χ0) is 22.1. The summed E-state index contributed by atoms with van der Waals surface area (Å²) in [6.07, 6.45) is -1.85. The van der Waals surface area contributed by atoms with Crippen LogP contribution in [0.2, 0.25) is 0 Å². The minimum atomic E-state index is -1.16. The number of nitrogens with zero attached hydrogens (tertiary/aromatic N) is 3. The molecule has 2 rings (SSSR count). The summed E-state index contributed by atoms with van der Waals surface area (Å²) in [4.78, 5) is 38.6. The van der Waals surface area contributed by atoms with Crippen molar-refractivity contribution in [2.24, 2.45) is 0 Å². The summed E-state index contributed by atoms with van der Waals surface area (Å²) in [6.45, 7) is 0.0668. The Kier molecular flexibility index (Phi) is 8.22. The highest BCUT2D eigenvalue weighted by Crippen LogP contribution is 2.12. The van der Waals surface area contributed by atoms with Crippen molar-refractivity contribution in [1.29, 1.82) is 0 Å². The molecule has 0 aliphatic heterocycles. The first kappa shape index (κ1) is 22.7. The molecule has 2 aromatic rings. The van der Waals surface area contributed by atoms with E-state index in [-0.39, 0.29) is 13.0 Å². The summed E-state index contributed by atoms with van der Waals surface area (Å²) < 4.78 is 10.8. The number of esters is 1. The molecule has 0 aromatic heterocycles. The van der Waals surface area contributed by atoms with Gasteiger partial charge in [0.1, 0.15) is 6.61 Å². The van der Waals surface area contributed by atoms with Gasteiger partial charge in [-0.1, -0.05) is 60.7 Å². The van der Waals surface area contributed by atoms with Crippen LogP contribution < -0.4 is 0 Å². The number of benzene rings is 2. The Hall–Kier alpha value is -3.55. The van der Waals surface area contributed by atoms with Crippen LogP contribution in [-0.4, -0.2) is 67.3 Å². The minimum absolute atomic E-state index is 0.0668. The summed E-state index contributed by atoms with van der Waals surface area (Å²) in [5, 5.41) is 2.10. The Morgan fingerprint density at radius 3 is 1.87 bits per heavy atom. The molecule has 0 saturated heterocycles. The van der Waals surface area contributed by atoms with Gasteiger partial charge in [-0.2, -0.15) is 0 Å². The fourth-order valence-corrected chi connectivity index (χ4v) is 2.56. The molecule has 0 unspecified atom stereocenters. The largest absolute Gasteiger partial charge is 0.458 e. The van der Waals surface area contributed by atoms with Crippen molar-refractivity contribution >= 4 is 18.1 Å². The van der Waals surface area contributed by atoms with Crippen LogP contribution in [0, 0.1) is 0 Å². The van der Waals surface area contributed by atoms with Crippen molar-refractivity contribution in [1.82, 2.24) is 14.9 Å². The molecule has 0 bridgehead atoms. The van der Waals surface area contributed by atoms with E-state index in [1.165, 1.54) is 19.0 Å². The summed E-state index contributed by atoms with van der Waals surface area (Å²) in [5.74, 6) is -0.661. The first-order valence-corrected chi connectivity index (χ1v) is 9.43. The lowest BCUT2D eigenvalue weighted by molar-refractivity contribution is -0.156. The molecular weight excluding hydrogens is 386 g/mol. The third-order valence-corrected chi connectivity index (χ3v) is 4.37. The predicted molar refractivity (Wildman–Crippen MR) is 111 cm³/mol. The molecule has 160 valence electrons. The quantitative estimate of drug-likeness (QED) is 0.537. The molecule has 0 saturated carbocycles. The molecular formula is C22H27N3O5. The molecule has 8 heteroatoms. The van der Waals surface area contributed by atoms with E-state index in [1.807, 2.05) is 60.7 Å². The lowest BCUT2D eigenvalue weighted by Gasteiger charge is -2.30. The Bertz CT molecular complexity index is 842. The maximum absolute atomic E-state index is 12.7. The van der Waals surface area contributed by atoms with Gasteiger partial charge >= 0.3 is 18.1 Å². The van der Waals surface area contributed by atoms with Gasteiger partial charge in [-0.05, 0) is 11.1 Å². The van der Waals surface area contributed by atoms with Crippen molar-refractivity contribution < 1.29 is 23.9 Å². The van der Waals surface area contributed by atoms with Gasteiger partial charge < -0.3 is 14.4 Å². The van der Waals surface area contributed by atoms with E-state index in [1.54, 1.807) is 14.1 Å². The molecule has 0 aliphatic carbocycles. The van der Waals surface area contributed by atoms with Crippen LogP contribution in [0.5, 0.6) is 0 Å². The zero-order valence-electron chi connectivity index (χ0n) is 17.6. The summed E-state index contributed by atoms with van der Waals surface area (Å²) in [6, 6.07) is 18.0. The number of hydrazine groups is 1. The van der Waals surface area contributed by atoms with Gasteiger partial charge in [-0.15, -0.1) is 0 Å². The van der Waals surface area contributed by atoms with Gasteiger partial charge in [0.25, 0.3) is 0 Å². The topological polar surface area (TPSA) is 79.4 Å². The van der Waals surface area contributed by atoms with Crippen molar-refractivity contribution in [3.05, 3.63) is 71.8 Å². The van der Waals surface area contributed by atoms with Gasteiger partial charge in [0.05, 0.1) is 0 Å². The average molecular weight is 413 g/mol. The molecule has 30 heavy (non-hydrogen) atoms. The number of rotatable bonds is 6. The number of urea groups is 1. The Labute approximate surface area is 176 Å². The summed E-state index contributed by atoms with van der Waals surface area (Å²) in [5.41, 5.74) is 1.64. The predicted octanol–water partition coefficient (Wildman–Crippen LogP) is 2.94. The first-order valence-electron chi connectivity index (χ1n) is 9.43. The normalized spacial score (nSPS) is 11.2. The van der Waals surface area contributed by atoms with E-state index in [0.717, 1.165) is 21.1 Å². The second kappa shape index (κ2) is 10.8. The van der Waals surface area contributed by atoms with Crippen LogP contribution in [0.15, 0.2) is 60.7 Å². The minimum Gasteiger partial charge on any atom is -0.458 e. The standard InChI is InChI=1S/C22H27N3O5/c1-23(2)21(27)24(3)25(4)22(28)30-19(15-17-11-7-5-8-12-17)20(26)29-16-18-13-9-6-10-14-18/h5-14,19H,15-16H2,1-4H3/t19-/m0/s1. The maximum Gasteiger partial charge on any atom is 0.429 e. The van der Waals surface area contributed by atoms with Crippen LogP contribution in [0.25, 0.3) is 0 Å². The Morgan fingerprint density at radius 2 is 1.33 bits per heavy atom. The van der Waals surface area contributed by atoms with Crippen LogP contribution in [-0.2, 0) is 27.3 Å². The first-order chi connectivity index (χ1) is 14.3. The van der Waals surface area contributed by atoms with Gasteiger partial charge in [0.2, 0.25) is 6.10 Å². The molecule has 0 aliphatic rings. The van der Waals surface area contributed by atoms with E-state index in [2.05, 4.69) is 0 Å². The summed E-state index contributed by atoms with van der Waals surface area (Å²) in [7, 11) is 5.95. The van der Waals surface area contributed by atoms with Crippen LogP contribution in [0.4, 0.5) is 9.59 Å². The third kappa shape index (κ3) is 6.51. The van der Waals surface area contributed by atoms with E-state index in [4.69, 9.17) is 9.47 Å². The van der Waals surface area contributed by atoms with E-state index < -0.39 is 24.2 Å². The number of amides is 3. The number of ether oxygens (including phenoxy) is 2. The number of hydrogen-bond acceptors (Lipinski definition) is 5. The molecule has 0 spiro atoms. The molecule has 0 N–H and O–H groups in total. The van der Waals surface area contributed by atoms with E-state index in [0.29, 0.717) is 0 Å². The molecule has 0 heterocycles. The highest BCUT2D eigenvalue weighted by Gasteiger charge is 2.29. The SMILES string of the molecule is CN(C)C(=O)N(C)N(C)C(=O)O[C@@H](Cc1ccccc1)C(=O)OCc1ccccc1. The zero-order valence-corrected chi connectivity index (χ0v) is 17.6. The monoisotopic (exact) mass is 413 g/mol. The lowest BCUT2D eigenvalue weighted by Crippen LogP contribution is -2.50. The second-order valence-electron chi connectivity index (χ2n) is 6.88. The van der Waals surface area contributed by atoms with Gasteiger partial charge in [-0.3, -0.25) is 0 Å². The molecule has 1 atom stereocenters. The Morgan fingerprint density at radius 1 is 0.800 bits per heavy atom. The third-order valence-electron chi connectivity index (χ3n) is 4.37. The lowest BCUT2D eigenvalue weighted by atomic mass is 10.1. The van der Waals surface area contributed by atoms with Gasteiger partial charge in [0.15, 0.2) is 0 Å². The fourth-order valence-electron chi connectivity index (χ4n) is 2.56. The van der Waals surface area contributed by atoms with Crippen molar-refractivity contribution in [2.75, 3.05) is 28.2 Å². The highest BCUT2D eigenvalue weighted by molar-refractivity contribution is 5.81.